The van der Waals surface area contributed by atoms with Crippen LogP contribution in [0.1, 0.15) is 5.01 Å². The van der Waals surface area contributed by atoms with Crippen LogP contribution >= 0.6 is 11.3 Å². The van der Waals surface area contributed by atoms with E-state index in [-0.39, 0.29) is 5.82 Å². The molecule has 0 aliphatic rings. The summed E-state index contributed by atoms with van der Waals surface area (Å²) in [5, 5.41) is 4.58. The summed E-state index contributed by atoms with van der Waals surface area (Å²) in [6.07, 6.45) is 1.42. The van der Waals surface area contributed by atoms with Crippen molar-refractivity contribution < 1.29 is 13.9 Å². The van der Waals surface area contributed by atoms with Gasteiger partial charge in [0.1, 0.15) is 29.6 Å². The Morgan fingerprint density at radius 3 is 2.65 bits per heavy atom. The maximum absolute atomic E-state index is 14.1. The van der Waals surface area contributed by atoms with E-state index in [9.17, 15) is 4.39 Å². The molecule has 0 saturated heterocycles. The molecule has 0 unspecified atom stereocenters. The van der Waals surface area contributed by atoms with Crippen molar-refractivity contribution in [2.24, 2.45) is 0 Å². The van der Waals surface area contributed by atoms with Crippen LogP contribution in [-0.4, -0.2) is 22.1 Å². The number of benzene rings is 3. The Morgan fingerprint density at radius 2 is 1.81 bits per heavy atom. The van der Waals surface area contributed by atoms with E-state index < -0.39 is 0 Å². The fraction of sp³-hybridized carbons (Fsp3) is 0.0870. The zero-order chi connectivity index (χ0) is 21.2. The number of aromatic nitrogens is 3. The monoisotopic (exact) mass is 432 g/mol. The Hall–Kier alpha value is -3.78. The minimum atomic E-state index is -0.366. The maximum Gasteiger partial charge on any atom is 0.162 e. The Balaban J connectivity index is 1.48. The second-order valence-corrected chi connectivity index (χ2v) is 7.83. The van der Waals surface area contributed by atoms with E-state index in [4.69, 9.17) is 9.47 Å². The molecule has 5 rings (SSSR count). The first-order valence-corrected chi connectivity index (χ1v) is 10.3. The van der Waals surface area contributed by atoms with Crippen molar-refractivity contribution in [1.29, 1.82) is 0 Å². The average molecular weight is 432 g/mol. The van der Waals surface area contributed by atoms with Crippen molar-refractivity contribution in [2.75, 3.05) is 12.4 Å². The summed E-state index contributed by atoms with van der Waals surface area (Å²) >= 11 is 1.58. The minimum Gasteiger partial charge on any atom is -0.493 e. The summed E-state index contributed by atoms with van der Waals surface area (Å²) in [6.45, 7) is 0.297. The van der Waals surface area contributed by atoms with Gasteiger partial charge in [0.15, 0.2) is 11.5 Å². The molecule has 2 aromatic heterocycles. The number of hydrogen-bond acceptors (Lipinski definition) is 7. The van der Waals surface area contributed by atoms with Crippen LogP contribution in [0.15, 0.2) is 67.0 Å². The highest BCUT2D eigenvalue weighted by Crippen LogP contribution is 2.35. The van der Waals surface area contributed by atoms with Crippen molar-refractivity contribution >= 4 is 44.0 Å². The van der Waals surface area contributed by atoms with Gasteiger partial charge in [0.05, 0.1) is 28.5 Å². The van der Waals surface area contributed by atoms with Gasteiger partial charge in [-0.05, 0) is 30.3 Å². The lowest BCUT2D eigenvalue weighted by Crippen LogP contribution is -2.01. The number of thiazole rings is 1. The Labute approximate surface area is 181 Å². The lowest BCUT2D eigenvalue weighted by Gasteiger charge is -2.13. The highest BCUT2D eigenvalue weighted by Gasteiger charge is 2.14. The molecule has 0 aliphatic carbocycles. The van der Waals surface area contributed by atoms with Crippen LogP contribution in [-0.2, 0) is 6.61 Å². The number of hydrogen-bond donors (Lipinski definition) is 1. The molecule has 1 N–H and O–H groups in total. The number of halogens is 1. The molecule has 31 heavy (non-hydrogen) atoms. The van der Waals surface area contributed by atoms with E-state index >= 15 is 0 Å². The first-order valence-electron chi connectivity index (χ1n) is 9.53. The van der Waals surface area contributed by atoms with Gasteiger partial charge in [-0.15, -0.1) is 11.3 Å². The molecule has 8 heteroatoms. The molecule has 3 aromatic carbocycles. The zero-order valence-electron chi connectivity index (χ0n) is 16.5. The van der Waals surface area contributed by atoms with Gasteiger partial charge in [0.2, 0.25) is 0 Å². The van der Waals surface area contributed by atoms with E-state index in [0.717, 1.165) is 15.2 Å². The van der Waals surface area contributed by atoms with E-state index in [1.54, 1.807) is 48.8 Å². The van der Waals surface area contributed by atoms with E-state index in [1.165, 1.54) is 12.4 Å². The van der Waals surface area contributed by atoms with Crippen molar-refractivity contribution in [3.8, 4) is 11.5 Å². The molecule has 154 valence electrons. The number of methoxy groups -OCH3 is 1. The number of fused-ring (bicyclic) bond motifs is 2. The van der Waals surface area contributed by atoms with Crippen LogP contribution in [0.2, 0.25) is 0 Å². The standard InChI is InChI=1S/C23H17FN4O2S/c1-29-19-11-18-14(23(26-13-25-18)28-16-7-3-2-6-15(16)24)10-20(19)30-12-22-27-17-8-4-5-9-21(17)31-22/h2-11,13H,12H2,1H3,(H,25,26,28). The highest BCUT2D eigenvalue weighted by molar-refractivity contribution is 7.18. The molecule has 0 amide bonds. The molecule has 6 nitrogen and oxygen atoms in total. The number of nitrogens with zero attached hydrogens (tertiary/aromatic N) is 3. The molecule has 0 radical (unpaired) electrons. The number of ether oxygens (including phenoxy) is 2. The van der Waals surface area contributed by atoms with Gasteiger partial charge in [0.25, 0.3) is 0 Å². The Bertz CT molecular complexity index is 1360. The third kappa shape index (κ3) is 3.85. The lowest BCUT2D eigenvalue weighted by atomic mass is 10.2. The largest absolute Gasteiger partial charge is 0.493 e. The average Bonchev–Trinajstić information content (AvgIpc) is 3.22. The molecule has 0 spiro atoms. The number of nitrogens with one attached hydrogen (secondary N) is 1. The van der Waals surface area contributed by atoms with Crippen LogP contribution in [0.25, 0.3) is 21.1 Å². The van der Waals surface area contributed by atoms with E-state index in [1.807, 2.05) is 24.3 Å². The smallest absolute Gasteiger partial charge is 0.162 e. The molecular weight excluding hydrogens is 415 g/mol. The molecule has 0 aliphatic heterocycles. The van der Waals surface area contributed by atoms with Crippen LogP contribution in [0.3, 0.4) is 0 Å². The highest BCUT2D eigenvalue weighted by atomic mass is 32.1. The summed E-state index contributed by atoms with van der Waals surface area (Å²) in [4.78, 5) is 13.2. The quantitative estimate of drug-likeness (QED) is 0.371. The molecule has 2 heterocycles. The van der Waals surface area contributed by atoms with Gasteiger partial charge < -0.3 is 14.8 Å². The Kier molecular flexibility index (Phi) is 5.05. The number of rotatable bonds is 6. The minimum absolute atomic E-state index is 0.297. The van der Waals surface area contributed by atoms with Crippen LogP contribution < -0.4 is 14.8 Å². The van der Waals surface area contributed by atoms with Crippen LogP contribution in [0.5, 0.6) is 11.5 Å². The van der Waals surface area contributed by atoms with Gasteiger partial charge in [-0.1, -0.05) is 24.3 Å². The SMILES string of the molecule is COc1cc2ncnc(Nc3ccccc3F)c2cc1OCc1nc2ccccc2s1. The third-order valence-electron chi connectivity index (χ3n) is 4.74. The van der Waals surface area contributed by atoms with Gasteiger partial charge in [-0.25, -0.2) is 19.3 Å². The molecule has 5 aromatic rings. The van der Waals surface area contributed by atoms with E-state index in [0.29, 0.717) is 40.5 Å². The first-order chi connectivity index (χ1) is 15.2. The van der Waals surface area contributed by atoms with Crippen molar-refractivity contribution in [3.63, 3.8) is 0 Å². The van der Waals surface area contributed by atoms with Gasteiger partial charge in [0, 0.05) is 11.5 Å². The summed E-state index contributed by atoms with van der Waals surface area (Å²) in [6, 6.07) is 18.0. The predicted octanol–water partition coefficient (Wildman–Crippen LogP) is 5.71. The third-order valence-corrected chi connectivity index (χ3v) is 5.75. The van der Waals surface area contributed by atoms with Crippen molar-refractivity contribution in [1.82, 2.24) is 15.0 Å². The van der Waals surface area contributed by atoms with Crippen molar-refractivity contribution in [3.05, 3.63) is 77.8 Å². The summed E-state index contributed by atoms with van der Waals surface area (Å²) < 4.78 is 26.8. The summed E-state index contributed by atoms with van der Waals surface area (Å²) in [5.74, 6) is 1.18. The fourth-order valence-corrected chi connectivity index (χ4v) is 4.13. The lowest BCUT2D eigenvalue weighted by molar-refractivity contribution is 0.285. The Morgan fingerprint density at radius 1 is 0.968 bits per heavy atom. The second-order valence-electron chi connectivity index (χ2n) is 6.71. The van der Waals surface area contributed by atoms with Crippen LogP contribution in [0.4, 0.5) is 15.9 Å². The van der Waals surface area contributed by atoms with Crippen LogP contribution in [0, 0.1) is 5.82 Å². The number of para-hydroxylation sites is 2. The summed E-state index contributed by atoms with van der Waals surface area (Å²) in [5.41, 5.74) is 1.93. The molecule has 0 bridgehead atoms. The second kappa shape index (κ2) is 8.16. The van der Waals surface area contributed by atoms with Gasteiger partial charge >= 0.3 is 0 Å². The topological polar surface area (TPSA) is 69.2 Å². The van der Waals surface area contributed by atoms with Gasteiger partial charge in [-0.3, -0.25) is 0 Å². The molecule has 0 saturated carbocycles. The van der Waals surface area contributed by atoms with Crippen molar-refractivity contribution in [2.45, 2.75) is 6.61 Å². The normalized spacial score (nSPS) is 11.0. The number of anilines is 2. The molecule has 0 atom stereocenters. The molecule has 0 fully saturated rings. The first kappa shape index (κ1) is 19.2. The van der Waals surface area contributed by atoms with E-state index in [2.05, 4.69) is 20.3 Å². The maximum atomic E-state index is 14.1. The fourth-order valence-electron chi connectivity index (χ4n) is 3.25. The zero-order valence-corrected chi connectivity index (χ0v) is 17.3. The van der Waals surface area contributed by atoms with Gasteiger partial charge in [-0.2, -0.15) is 0 Å². The summed E-state index contributed by atoms with van der Waals surface area (Å²) in [7, 11) is 1.57. The molecular formula is C23H17FN4O2S. The predicted molar refractivity (Wildman–Crippen MR) is 120 cm³/mol.